The van der Waals surface area contributed by atoms with Crippen LogP contribution in [0.3, 0.4) is 0 Å². The lowest BCUT2D eigenvalue weighted by Gasteiger charge is -2.41. The van der Waals surface area contributed by atoms with Crippen LogP contribution in [0.15, 0.2) is 0 Å². The summed E-state index contributed by atoms with van der Waals surface area (Å²) in [4.78, 5) is 25.7. The molecular weight excluding hydrogens is 200 g/mol. The molecule has 78 valence electrons. The molecule has 0 aromatic rings. The fraction of sp³-hybridized carbons (Fsp3) is 0.667. The van der Waals surface area contributed by atoms with E-state index < -0.39 is 0 Å². The van der Waals surface area contributed by atoms with Crippen LogP contribution in [-0.4, -0.2) is 39.3 Å². The average molecular weight is 214 g/mol. The molecule has 0 bridgehead atoms. The first-order chi connectivity index (χ1) is 6.25. The molecule has 0 N–H and O–H groups in total. The minimum Gasteiger partial charge on any atom is -0.292 e. The SMILES string of the molecule is CN1C(=O)CC(=O)N(C(C)(C)C)C1=S. The Hall–Kier alpha value is -0.970. The van der Waals surface area contributed by atoms with Crippen molar-refractivity contribution in [1.82, 2.24) is 9.80 Å². The summed E-state index contributed by atoms with van der Waals surface area (Å²) in [6.45, 7) is 5.67. The zero-order valence-corrected chi connectivity index (χ0v) is 9.64. The van der Waals surface area contributed by atoms with Crippen LogP contribution in [0.25, 0.3) is 0 Å². The lowest BCUT2D eigenvalue weighted by atomic mass is 10.0. The van der Waals surface area contributed by atoms with Crippen LogP contribution in [0, 0.1) is 0 Å². The van der Waals surface area contributed by atoms with Crippen LogP contribution < -0.4 is 0 Å². The van der Waals surface area contributed by atoms with Gasteiger partial charge in [0.1, 0.15) is 6.42 Å². The summed E-state index contributed by atoms with van der Waals surface area (Å²) >= 11 is 5.06. The number of rotatable bonds is 0. The summed E-state index contributed by atoms with van der Waals surface area (Å²) < 4.78 is 0. The zero-order valence-electron chi connectivity index (χ0n) is 8.83. The van der Waals surface area contributed by atoms with Crippen molar-refractivity contribution in [1.29, 1.82) is 0 Å². The molecule has 1 fully saturated rings. The molecule has 1 rings (SSSR count). The Morgan fingerprint density at radius 1 is 1.21 bits per heavy atom. The number of amides is 2. The van der Waals surface area contributed by atoms with E-state index in [1.807, 2.05) is 20.8 Å². The van der Waals surface area contributed by atoms with E-state index in [1.165, 1.54) is 9.80 Å². The van der Waals surface area contributed by atoms with Crippen molar-refractivity contribution in [3.63, 3.8) is 0 Å². The Bertz CT molecular complexity index is 306. The summed E-state index contributed by atoms with van der Waals surface area (Å²) in [6.07, 6.45) is -0.0894. The minimum absolute atomic E-state index is 0.0894. The molecule has 0 spiro atoms. The summed E-state index contributed by atoms with van der Waals surface area (Å²) in [6, 6.07) is 0. The van der Waals surface area contributed by atoms with Gasteiger partial charge >= 0.3 is 0 Å². The lowest BCUT2D eigenvalue weighted by Crippen LogP contribution is -2.59. The first kappa shape index (κ1) is 11.1. The lowest BCUT2D eigenvalue weighted by molar-refractivity contribution is -0.142. The summed E-state index contributed by atoms with van der Waals surface area (Å²) in [5.74, 6) is -0.453. The van der Waals surface area contributed by atoms with Gasteiger partial charge in [-0.2, -0.15) is 0 Å². The van der Waals surface area contributed by atoms with Gasteiger partial charge in [0.2, 0.25) is 11.8 Å². The van der Waals surface area contributed by atoms with E-state index in [1.54, 1.807) is 7.05 Å². The molecule has 14 heavy (non-hydrogen) atoms. The summed E-state index contributed by atoms with van der Waals surface area (Å²) in [5, 5.41) is 0.291. The van der Waals surface area contributed by atoms with E-state index >= 15 is 0 Å². The van der Waals surface area contributed by atoms with Crippen molar-refractivity contribution in [3.8, 4) is 0 Å². The quantitative estimate of drug-likeness (QED) is 0.441. The van der Waals surface area contributed by atoms with Gasteiger partial charge in [0, 0.05) is 12.6 Å². The second-order valence-corrected chi connectivity index (χ2v) is 4.68. The van der Waals surface area contributed by atoms with E-state index in [-0.39, 0.29) is 23.8 Å². The molecule has 0 unspecified atom stereocenters. The first-order valence-corrected chi connectivity index (χ1v) is 4.79. The third-order valence-corrected chi connectivity index (χ3v) is 2.53. The molecule has 4 nitrogen and oxygen atoms in total. The molecular formula is C9H14N2O2S. The number of carbonyl (C=O) groups excluding carboxylic acids is 2. The topological polar surface area (TPSA) is 40.6 Å². The van der Waals surface area contributed by atoms with Gasteiger partial charge in [0.25, 0.3) is 0 Å². The van der Waals surface area contributed by atoms with Crippen molar-refractivity contribution in [2.45, 2.75) is 32.7 Å². The van der Waals surface area contributed by atoms with Crippen molar-refractivity contribution < 1.29 is 9.59 Å². The Kier molecular flexibility index (Phi) is 2.63. The Morgan fingerprint density at radius 3 is 2.14 bits per heavy atom. The average Bonchev–Trinajstić information content (AvgIpc) is 1.97. The normalized spacial score (nSPS) is 19.3. The summed E-state index contributed by atoms with van der Waals surface area (Å²) in [7, 11) is 1.59. The van der Waals surface area contributed by atoms with Gasteiger partial charge in [-0.1, -0.05) is 0 Å². The predicted octanol–water partition coefficient (Wildman–Crippen LogP) is 0.760. The van der Waals surface area contributed by atoms with Crippen LogP contribution in [0.4, 0.5) is 0 Å². The van der Waals surface area contributed by atoms with Gasteiger partial charge in [0.05, 0.1) is 0 Å². The second-order valence-electron chi connectivity index (χ2n) is 4.31. The maximum Gasteiger partial charge on any atom is 0.238 e. The van der Waals surface area contributed by atoms with E-state index in [0.29, 0.717) is 5.11 Å². The highest BCUT2D eigenvalue weighted by Gasteiger charge is 2.38. The predicted molar refractivity (Wildman–Crippen MR) is 56.6 cm³/mol. The third-order valence-electron chi connectivity index (χ3n) is 2.07. The second kappa shape index (κ2) is 3.31. The zero-order chi connectivity index (χ0) is 11.1. The monoisotopic (exact) mass is 214 g/mol. The fourth-order valence-electron chi connectivity index (χ4n) is 1.35. The molecule has 1 aliphatic rings. The van der Waals surface area contributed by atoms with Crippen LogP contribution in [-0.2, 0) is 9.59 Å². The van der Waals surface area contributed by atoms with Crippen LogP contribution in [0.1, 0.15) is 27.2 Å². The van der Waals surface area contributed by atoms with Gasteiger partial charge in [0.15, 0.2) is 5.11 Å². The highest BCUT2D eigenvalue weighted by atomic mass is 32.1. The van der Waals surface area contributed by atoms with E-state index in [0.717, 1.165) is 0 Å². The standard InChI is InChI=1S/C9H14N2O2S/c1-9(2,3)11-7(13)5-6(12)10(4)8(11)14/h5H2,1-4H3. The largest absolute Gasteiger partial charge is 0.292 e. The molecule has 1 heterocycles. The maximum atomic E-state index is 11.6. The molecule has 0 atom stereocenters. The van der Waals surface area contributed by atoms with Crippen molar-refractivity contribution in [3.05, 3.63) is 0 Å². The number of hydrogen-bond donors (Lipinski definition) is 0. The first-order valence-electron chi connectivity index (χ1n) is 4.38. The van der Waals surface area contributed by atoms with Crippen molar-refractivity contribution in [2.75, 3.05) is 7.05 Å². The number of nitrogens with zero attached hydrogens (tertiary/aromatic N) is 2. The Labute approximate surface area is 88.9 Å². The number of carbonyl (C=O) groups is 2. The smallest absolute Gasteiger partial charge is 0.238 e. The van der Waals surface area contributed by atoms with Gasteiger partial charge in [-0.05, 0) is 33.0 Å². The van der Waals surface area contributed by atoms with Crippen molar-refractivity contribution in [2.24, 2.45) is 0 Å². The maximum absolute atomic E-state index is 11.6. The van der Waals surface area contributed by atoms with Crippen LogP contribution in [0.2, 0.25) is 0 Å². The van der Waals surface area contributed by atoms with E-state index in [4.69, 9.17) is 12.2 Å². The molecule has 1 saturated heterocycles. The highest BCUT2D eigenvalue weighted by molar-refractivity contribution is 7.80. The summed E-state index contributed by atoms with van der Waals surface area (Å²) in [5.41, 5.74) is -0.372. The number of hydrogen-bond acceptors (Lipinski definition) is 3. The molecule has 0 aromatic heterocycles. The van der Waals surface area contributed by atoms with Crippen LogP contribution in [0.5, 0.6) is 0 Å². The number of thiocarbonyl (C=S) groups is 1. The molecule has 2 amide bonds. The molecule has 0 radical (unpaired) electrons. The highest BCUT2D eigenvalue weighted by Crippen LogP contribution is 2.21. The third kappa shape index (κ3) is 1.77. The molecule has 0 aromatic carbocycles. The Morgan fingerprint density at radius 2 is 1.71 bits per heavy atom. The fourth-order valence-corrected chi connectivity index (χ4v) is 1.83. The minimum atomic E-state index is -0.372. The van der Waals surface area contributed by atoms with Gasteiger partial charge in [-0.25, -0.2) is 0 Å². The van der Waals surface area contributed by atoms with Gasteiger partial charge in [-0.15, -0.1) is 0 Å². The van der Waals surface area contributed by atoms with Crippen molar-refractivity contribution >= 4 is 29.1 Å². The molecule has 0 saturated carbocycles. The van der Waals surface area contributed by atoms with E-state index in [2.05, 4.69) is 0 Å². The van der Waals surface area contributed by atoms with Crippen LogP contribution >= 0.6 is 12.2 Å². The molecule has 1 aliphatic heterocycles. The van der Waals surface area contributed by atoms with Gasteiger partial charge < -0.3 is 0 Å². The van der Waals surface area contributed by atoms with Gasteiger partial charge in [-0.3, -0.25) is 19.4 Å². The molecule has 5 heteroatoms. The van der Waals surface area contributed by atoms with E-state index in [9.17, 15) is 9.59 Å². The molecule has 0 aliphatic carbocycles. The Balaban J connectivity index is 3.03.